The number of terminal acetylenes is 1. The molecule has 1 fully saturated rings. The van der Waals surface area contributed by atoms with Gasteiger partial charge in [-0.2, -0.15) is 0 Å². The van der Waals surface area contributed by atoms with Gasteiger partial charge in [-0.1, -0.05) is 62.6 Å². The van der Waals surface area contributed by atoms with Crippen molar-refractivity contribution in [3.63, 3.8) is 0 Å². The van der Waals surface area contributed by atoms with Gasteiger partial charge >= 0.3 is 0 Å². The van der Waals surface area contributed by atoms with Crippen molar-refractivity contribution in [1.29, 1.82) is 0 Å². The Hall–Kier alpha value is -1.48. The highest BCUT2D eigenvalue weighted by Crippen LogP contribution is 2.40. The molecule has 22 heavy (non-hydrogen) atoms. The predicted octanol–water partition coefficient (Wildman–Crippen LogP) is 6.18. The van der Waals surface area contributed by atoms with Crippen LogP contribution in [0, 0.1) is 23.7 Å². The van der Waals surface area contributed by atoms with Crippen LogP contribution in [0.3, 0.4) is 0 Å². The van der Waals surface area contributed by atoms with Gasteiger partial charge in [-0.3, -0.25) is 0 Å². The molecule has 0 N–H and O–H groups in total. The van der Waals surface area contributed by atoms with Gasteiger partial charge in [0.25, 0.3) is 0 Å². The molecule has 0 nitrogen and oxygen atoms in total. The average Bonchev–Trinajstić information content (AvgIpc) is 2.52. The summed E-state index contributed by atoms with van der Waals surface area (Å²) in [5.74, 6) is 3.84. The lowest BCUT2D eigenvalue weighted by Crippen LogP contribution is -2.23. The van der Waals surface area contributed by atoms with Crippen LogP contribution < -0.4 is 0 Å². The van der Waals surface area contributed by atoms with Crippen molar-refractivity contribution in [3.8, 4) is 12.3 Å². The van der Waals surface area contributed by atoms with E-state index in [4.69, 9.17) is 6.42 Å². The SMILES string of the molecule is C#CC(CCCc1ccccc1)=C1CCC(C(C)(C)C)CC1. The largest absolute Gasteiger partial charge is 0.115 e. The highest BCUT2D eigenvalue weighted by Gasteiger charge is 2.28. The lowest BCUT2D eigenvalue weighted by Gasteiger charge is -2.35. The molecule has 2 rings (SSSR count). The van der Waals surface area contributed by atoms with E-state index in [0.717, 1.165) is 25.2 Å². The summed E-state index contributed by atoms with van der Waals surface area (Å²) in [5.41, 5.74) is 4.72. The Kier molecular flexibility index (Phi) is 5.90. The van der Waals surface area contributed by atoms with Crippen molar-refractivity contribution >= 4 is 0 Å². The molecule has 0 saturated heterocycles. The minimum atomic E-state index is 0.440. The van der Waals surface area contributed by atoms with Gasteiger partial charge in [-0.05, 0) is 61.8 Å². The first kappa shape index (κ1) is 16.9. The number of rotatable bonds is 4. The van der Waals surface area contributed by atoms with Crippen LogP contribution in [0.1, 0.15) is 64.9 Å². The molecule has 0 heteroatoms. The molecule has 0 radical (unpaired) electrons. The fourth-order valence-electron chi connectivity index (χ4n) is 3.60. The molecule has 0 spiro atoms. The van der Waals surface area contributed by atoms with Gasteiger partial charge in [0.15, 0.2) is 0 Å². The quantitative estimate of drug-likeness (QED) is 0.582. The van der Waals surface area contributed by atoms with E-state index in [1.165, 1.54) is 36.8 Å². The standard InChI is InChI=1S/C22H30/c1-5-19(13-9-12-18-10-7-6-8-11-18)20-14-16-21(17-15-20)22(2,3)4/h1,6-8,10-11,21H,9,12-17H2,2-4H3. The van der Waals surface area contributed by atoms with E-state index in [0.29, 0.717) is 5.41 Å². The molecule has 1 aliphatic rings. The Morgan fingerprint density at radius 1 is 1.14 bits per heavy atom. The molecule has 1 aliphatic carbocycles. The Bertz CT molecular complexity index is 524. The molecule has 0 aromatic heterocycles. The zero-order chi connectivity index (χ0) is 16.0. The maximum Gasteiger partial charge on any atom is 0.000972 e. The van der Waals surface area contributed by atoms with Crippen LogP contribution in [0.15, 0.2) is 41.5 Å². The molecule has 0 bridgehead atoms. The van der Waals surface area contributed by atoms with E-state index in [9.17, 15) is 0 Å². The highest BCUT2D eigenvalue weighted by atomic mass is 14.3. The van der Waals surface area contributed by atoms with E-state index in [-0.39, 0.29) is 0 Å². The number of allylic oxidation sites excluding steroid dienone is 2. The second-order valence-electron chi connectivity index (χ2n) is 7.71. The molecule has 0 amide bonds. The monoisotopic (exact) mass is 294 g/mol. The van der Waals surface area contributed by atoms with E-state index in [2.05, 4.69) is 57.0 Å². The molecule has 1 saturated carbocycles. The summed E-state index contributed by atoms with van der Waals surface area (Å²) in [5, 5.41) is 0. The summed E-state index contributed by atoms with van der Waals surface area (Å²) in [6.07, 6.45) is 14.2. The minimum absolute atomic E-state index is 0.440. The molecule has 0 unspecified atom stereocenters. The van der Waals surface area contributed by atoms with Crippen LogP contribution >= 0.6 is 0 Å². The third-order valence-electron chi connectivity index (χ3n) is 5.15. The minimum Gasteiger partial charge on any atom is -0.115 e. The van der Waals surface area contributed by atoms with Crippen molar-refractivity contribution in [2.45, 2.75) is 65.7 Å². The second-order valence-corrected chi connectivity index (χ2v) is 7.71. The fraction of sp³-hybridized carbons (Fsp3) is 0.545. The average molecular weight is 294 g/mol. The smallest absolute Gasteiger partial charge is 0.000972 e. The Morgan fingerprint density at radius 3 is 2.32 bits per heavy atom. The van der Waals surface area contributed by atoms with Gasteiger partial charge in [0.1, 0.15) is 0 Å². The van der Waals surface area contributed by atoms with Gasteiger partial charge in [0, 0.05) is 5.57 Å². The Balaban J connectivity index is 1.88. The van der Waals surface area contributed by atoms with Crippen molar-refractivity contribution in [2.24, 2.45) is 11.3 Å². The van der Waals surface area contributed by atoms with Crippen LogP contribution in [0.5, 0.6) is 0 Å². The van der Waals surface area contributed by atoms with Crippen LogP contribution in [-0.4, -0.2) is 0 Å². The molecule has 118 valence electrons. The zero-order valence-electron chi connectivity index (χ0n) is 14.5. The number of hydrogen-bond donors (Lipinski definition) is 0. The number of hydrogen-bond acceptors (Lipinski definition) is 0. The van der Waals surface area contributed by atoms with E-state index >= 15 is 0 Å². The van der Waals surface area contributed by atoms with E-state index < -0.39 is 0 Å². The van der Waals surface area contributed by atoms with Gasteiger partial charge < -0.3 is 0 Å². The summed E-state index contributed by atoms with van der Waals surface area (Å²) in [7, 11) is 0. The zero-order valence-corrected chi connectivity index (χ0v) is 14.5. The molecule has 0 atom stereocenters. The number of benzene rings is 1. The predicted molar refractivity (Wildman–Crippen MR) is 96.7 cm³/mol. The first-order valence-corrected chi connectivity index (χ1v) is 8.72. The molecule has 1 aromatic carbocycles. The molecule has 1 aromatic rings. The van der Waals surface area contributed by atoms with Crippen LogP contribution in [-0.2, 0) is 6.42 Å². The number of aryl methyl sites for hydroxylation is 1. The van der Waals surface area contributed by atoms with Crippen molar-refractivity contribution in [2.75, 3.05) is 0 Å². The molecule has 0 aliphatic heterocycles. The van der Waals surface area contributed by atoms with Crippen LogP contribution in [0.4, 0.5) is 0 Å². The maximum absolute atomic E-state index is 5.80. The van der Waals surface area contributed by atoms with Crippen LogP contribution in [0.2, 0.25) is 0 Å². The lowest BCUT2D eigenvalue weighted by atomic mass is 9.70. The topological polar surface area (TPSA) is 0 Å². The first-order valence-electron chi connectivity index (χ1n) is 8.72. The van der Waals surface area contributed by atoms with Crippen molar-refractivity contribution < 1.29 is 0 Å². The summed E-state index contributed by atoms with van der Waals surface area (Å²) in [4.78, 5) is 0. The third-order valence-corrected chi connectivity index (χ3v) is 5.15. The van der Waals surface area contributed by atoms with Crippen LogP contribution in [0.25, 0.3) is 0 Å². The first-order chi connectivity index (χ1) is 10.5. The fourth-order valence-corrected chi connectivity index (χ4v) is 3.60. The van der Waals surface area contributed by atoms with Gasteiger partial charge in [-0.25, -0.2) is 0 Å². The molecule has 0 heterocycles. The van der Waals surface area contributed by atoms with E-state index in [1.807, 2.05) is 0 Å². The Labute approximate surface area is 137 Å². The summed E-state index contributed by atoms with van der Waals surface area (Å²) < 4.78 is 0. The van der Waals surface area contributed by atoms with Gasteiger partial charge in [0.05, 0.1) is 0 Å². The van der Waals surface area contributed by atoms with E-state index in [1.54, 1.807) is 5.57 Å². The summed E-state index contributed by atoms with van der Waals surface area (Å²) >= 11 is 0. The summed E-state index contributed by atoms with van der Waals surface area (Å²) in [6.45, 7) is 7.11. The highest BCUT2D eigenvalue weighted by molar-refractivity contribution is 5.32. The summed E-state index contributed by atoms with van der Waals surface area (Å²) in [6, 6.07) is 10.7. The third kappa shape index (κ3) is 4.77. The van der Waals surface area contributed by atoms with Gasteiger partial charge in [-0.15, -0.1) is 6.42 Å². The van der Waals surface area contributed by atoms with Gasteiger partial charge in [0.2, 0.25) is 0 Å². The Morgan fingerprint density at radius 2 is 1.77 bits per heavy atom. The van der Waals surface area contributed by atoms with Crippen molar-refractivity contribution in [1.82, 2.24) is 0 Å². The molecular formula is C22H30. The maximum atomic E-state index is 5.80. The second kappa shape index (κ2) is 7.68. The molecular weight excluding hydrogens is 264 g/mol. The van der Waals surface area contributed by atoms with Crippen molar-refractivity contribution in [3.05, 3.63) is 47.0 Å². The normalized spacial score (nSPS) is 18.8. The lowest BCUT2D eigenvalue weighted by molar-refractivity contribution is 0.197.